The molecule has 0 aromatic heterocycles. The van der Waals surface area contributed by atoms with E-state index < -0.39 is 6.10 Å². The van der Waals surface area contributed by atoms with E-state index in [0.717, 1.165) is 24.0 Å². The Hall–Kier alpha value is -1.86. The summed E-state index contributed by atoms with van der Waals surface area (Å²) in [6.07, 6.45) is 3.65. The van der Waals surface area contributed by atoms with Gasteiger partial charge >= 0.3 is 0 Å². The predicted octanol–water partition coefficient (Wildman–Crippen LogP) is 4.06. The normalized spacial score (nSPS) is 20.3. The lowest BCUT2D eigenvalue weighted by Crippen LogP contribution is -2.12. The van der Waals surface area contributed by atoms with E-state index in [1.807, 2.05) is 30.3 Å². The lowest BCUT2D eigenvalue weighted by atomic mass is 9.84. The molecule has 1 heteroatoms. The first kappa shape index (κ1) is 12.2. The van der Waals surface area contributed by atoms with Crippen molar-refractivity contribution in [3.63, 3.8) is 0 Å². The molecule has 0 spiro atoms. The van der Waals surface area contributed by atoms with Gasteiger partial charge in [-0.05, 0) is 47.6 Å². The van der Waals surface area contributed by atoms with Gasteiger partial charge in [0.25, 0.3) is 0 Å². The van der Waals surface area contributed by atoms with E-state index in [2.05, 4.69) is 31.2 Å². The van der Waals surface area contributed by atoms with Crippen molar-refractivity contribution in [3.05, 3.63) is 76.4 Å². The quantitative estimate of drug-likeness (QED) is 0.809. The van der Waals surface area contributed by atoms with Crippen LogP contribution in [0.5, 0.6) is 0 Å². The topological polar surface area (TPSA) is 20.2 Å². The maximum Gasteiger partial charge on any atom is 0.101 e. The first-order valence-electron chi connectivity index (χ1n) is 6.77. The highest BCUT2D eigenvalue weighted by Gasteiger charge is 2.21. The minimum absolute atomic E-state index is 0.454. The molecule has 2 aromatic rings. The molecule has 0 aliphatic heterocycles. The molecule has 3 rings (SSSR count). The Morgan fingerprint density at radius 1 is 1.00 bits per heavy atom. The molecule has 0 radical (unpaired) electrons. The van der Waals surface area contributed by atoms with Gasteiger partial charge in [0, 0.05) is 0 Å². The highest BCUT2D eigenvalue weighted by Crippen LogP contribution is 2.35. The SMILES string of the molecule is Cc1ccccc1/C=C1\CCc2ccccc2C1O. The Morgan fingerprint density at radius 2 is 1.74 bits per heavy atom. The number of aliphatic hydroxyl groups is 1. The van der Waals surface area contributed by atoms with Gasteiger partial charge in [-0.3, -0.25) is 0 Å². The molecular formula is C18H18O. The standard InChI is InChI=1S/C18H18O/c1-13-6-2-3-8-15(13)12-16-11-10-14-7-4-5-9-17(14)18(16)19/h2-9,12,18-19H,10-11H2,1H3/b16-12+. The zero-order valence-electron chi connectivity index (χ0n) is 11.1. The van der Waals surface area contributed by atoms with Gasteiger partial charge in [0.15, 0.2) is 0 Å². The van der Waals surface area contributed by atoms with Crippen LogP contribution < -0.4 is 0 Å². The monoisotopic (exact) mass is 250 g/mol. The molecule has 19 heavy (non-hydrogen) atoms. The molecule has 0 amide bonds. The van der Waals surface area contributed by atoms with Crippen LogP contribution in [0.3, 0.4) is 0 Å². The number of benzene rings is 2. The lowest BCUT2D eigenvalue weighted by Gasteiger charge is -2.24. The largest absolute Gasteiger partial charge is 0.384 e. The summed E-state index contributed by atoms with van der Waals surface area (Å²) in [6, 6.07) is 16.5. The maximum atomic E-state index is 10.5. The van der Waals surface area contributed by atoms with Crippen molar-refractivity contribution >= 4 is 6.08 Å². The molecule has 1 aliphatic rings. The van der Waals surface area contributed by atoms with Gasteiger partial charge in [-0.1, -0.05) is 54.6 Å². The fourth-order valence-electron chi connectivity index (χ4n) is 2.74. The second-order valence-corrected chi connectivity index (χ2v) is 5.18. The van der Waals surface area contributed by atoms with Crippen LogP contribution in [0, 0.1) is 6.92 Å². The zero-order chi connectivity index (χ0) is 13.2. The summed E-state index contributed by atoms with van der Waals surface area (Å²) in [6.45, 7) is 2.11. The summed E-state index contributed by atoms with van der Waals surface area (Å²) in [5, 5.41) is 10.5. The number of rotatable bonds is 1. The second-order valence-electron chi connectivity index (χ2n) is 5.18. The van der Waals surface area contributed by atoms with Crippen molar-refractivity contribution in [2.24, 2.45) is 0 Å². The molecule has 0 saturated heterocycles. The third kappa shape index (κ3) is 2.34. The molecule has 0 fully saturated rings. The number of aryl methyl sites for hydroxylation is 2. The summed E-state index contributed by atoms with van der Waals surface area (Å²) in [5.41, 5.74) is 5.91. The van der Waals surface area contributed by atoms with Crippen molar-refractivity contribution < 1.29 is 5.11 Å². The van der Waals surface area contributed by atoms with E-state index in [0.29, 0.717) is 0 Å². The van der Waals surface area contributed by atoms with Crippen molar-refractivity contribution in [3.8, 4) is 0 Å². The van der Waals surface area contributed by atoms with E-state index >= 15 is 0 Å². The third-order valence-corrected chi connectivity index (χ3v) is 3.91. The molecule has 1 atom stereocenters. The smallest absolute Gasteiger partial charge is 0.101 e. The minimum atomic E-state index is -0.454. The molecule has 1 unspecified atom stereocenters. The molecule has 0 heterocycles. The van der Waals surface area contributed by atoms with E-state index in [-0.39, 0.29) is 0 Å². The van der Waals surface area contributed by atoms with E-state index in [1.54, 1.807) is 0 Å². The summed E-state index contributed by atoms with van der Waals surface area (Å²) in [5.74, 6) is 0. The number of hydrogen-bond donors (Lipinski definition) is 1. The van der Waals surface area contributed by atoms with Crippen LogP contribution in [0.4, 0.5) is 0 Å². The summed E-state index contributed by atoms with van der Waals surface area (Å²) >= 11 is 0. The van der Waals surface area contributed by atoms with Crippen LogP contribution in [0.25, 0.3) is 6.08 Å². The van der Waals surface area contributed by atoms with Crippen molar-refractivity contribution in [2.75, 3.05) is 0 Å². The van der Waals surface area contributed by atoms with Gasteiger partial charge in [0.2, 0.25) is 0 Å². The van der Waals surface area contributed by atoms with Gasteiger partial charge < -0.3 is 5.11 Å². The maximum absolute atomic E-state index is 10.5. The van der Waals surface area contributed by atoms with Gasteiger partial charge in [0.1, 0.15) is 6.10 Å². The summed E-state index contributed by atoms with van der Waals surface area (Å²) in [4.78, 5) is 0. The molecule has 1 nitrogen and oxygen atoms in total. The van der Waals surface area contributed by atoms with Gasteiger partial charge in [0.05, 0.1) is 0 Å². The average Bonchev–Trinajstić information content (AvgIpc) is 2.44. The van der Waals surface area contributed by atoms with Gasteiger partial charge in [-0.2, -0.15) is 0 Å². The van der Waals surface area contributed by atoms with E-state index in [9.17, 15) is 5.11 Å². The predicted molar refractivity (Wildman–Crippen MR) is 78.9 cm³/mol. The second kappa shape index (κ2) is 5.02. The molecule has 0 saturated carbocycles. The Kier molecular flexibility index (Phi) is 3.22. The van der Waals surface area contributed by atoms with Crippen molar-refractivity contribution in [1.29, 1.82) is 0 Å². The first-order valence-corrected chi connectivity index (χ1v) is 6.77. The van der Waals surface area contributed by atoms with Crippen molar-refractivity contribution in [2.45, 2.75) is 25.9 Å². The Bertz CT molecular complexity index is 625. The van der Waals surface area contributed by atoms with E-state index in [4.69, 9.17) is 0 Å². The Morgan fingerprint density at radius 3 is 2.58 bits per heavy atom. The van der Waals surface area contributed by atoms with Crippen LogP contribution >= 0.6 is 0 Å². The Balaban J connectivity index is 1.98. The van der Waals surface area contributed by atoms with Crippen LogP contribution in [-0.4, -0.2) is 5.11 Å². The summed E-state index contributed by atoms with van der Waals surface area (Å²) < 4.78 is 0. The number of aliphatic hydroxyl groups excluding tert-OH is 1. The van der Waals surface area contributed by atoms with Crippen molar-refractivity contribution in [1.82, 2.24) is 0 Å². The van der Waals surface area contributed by atoms with Crippen LogP contribution in [0.1, 0.15) is 34.8 Å². The van der Waals surface area contributed by atoms with Gasteiger partial charge in [-0.25, -0.2) is 0 Å². The first-order chi connectivity index (χ1) is 9.25. The zero-order valence-corrected chi connectivity index (χ0v) is 11.1. The Labute approximate surface area is 114 Å². The minimum Gasteiger partial charge on any atom is -0.384 e. The highest BCUT2D eigenvalue weighted by molar-refractivity contribution is 5.59. The van der Waals surface area contributed by atoms with E-state index in [1.165, 1.54) is 16.7 Å². The fraction of sp³-hybridized carbons (Fsp3) is 0.222. The number of hydrogen-bond acceptors (Lipinski definition) is 1. The molecular weight excluding hydrogens is 232 g/mol. The molecule has 1 aliphatic carbocycles. The van der Waals surface area contributed by atoms with Crippen LogP contribution in [-0.2, 0) is 6.42 Å². The highest BCUT2D eigenvalue weighted by atomic mass is 16.3. The molecule has 96 valence electrons. The average molecular weight is 250 g/mol. The third-order valence-electron chi connectivity index (χ3n) is 3.91. The van der Waals surface area contributed by atoms with Gasteiger partial charge in [-0.15, -0.1) is 0 Å². The fourth-order valence-corrected chi connectivity index (χ4v) is 2.74. The molecule has 0 bridgehead atoms. The van der Waals surface area contributed by atoms with Crippen LogP contribution in [0.2, 0.25) is 0 Å². The molecule has 1 N–H and O–H groups in total. The lowest BCUT2D eigenvalue weighted by molar-refractivity contribution is 0.206. The summed E-state index contributed by atoms with van der Waals surface area (Å²) in [7, 11) is 0. The molecule has 2 aromatic carbocycles. The van der Waals surface area contributed by atoms with Crippen LogP contribution in [0.15, 0.2) is 54.1 Å². The number of fused-ring (bicyclic) bond motifs is 1.